The summed E-state index contributed by atoms with van der Waals surface area (Å²) in [5, 5.41) is 7.60. The molecule has 0 saturated carbocycles. The molecule has 0 nitrogen and oxygen atoms in total. The van der Waals surface area contributed by atoms with Crippen LogP contribution in [0.2, 0.25) is 0 Å². The molecule has 0 aromatic heterocycles. The highest BCUT2D eigenvalue weighted by Crippen LogP contribution is 2.59. The van der Waals surface area contributed by atoms with Crippen LogP contribution in [0.3, 0.4) is 0 Å². The Labute approximate surface area is 321 Å². The molecule has 0 aliphatic heterocycles. The van der Waals surface area contributed by atoms with Crippen molar-refractivity contribution in [2.75, 3.05) is 0 Å². The van der Waals surface area contributed by atoms with E-state index in [-0.39, 0.29) is 0 Å². The van der Waals surface area contributed by atoms with E-state index < -0.39 is 5.41 Å². The smallest absolute Gasteiger partial charge is 0.0622 e. The summed E-state index contributed by atoms with van der Waals surface area (Å²) in [7, 11) is 0. The Morgan fingerprint density at radius 2 is 0.782 bits per heavy atom. The highest BCUT2D eigenvalue weighted by molar-refractivity contribution is 6.18. The van der Waals surface area contributed by atoms with Gasteiger partial charge in [0.1, 0.15) is 0 Å². The fourth-order valence-electron chi connectivity index (χ4n) is 9.44. The van der Waals surface area contributed by atoms with E-state index >= 15 is 0 Å². The largest absolute Gasteiger partial charge is 0.0719 e. The van der Waals surface area contributed by atoms with Crippen molar-refractivity contribution in [1.29, 1.82) is 0 Å². The molecule has 0 unspecified atom stereocenters. The second-order valence-electron chi connectivity index (χ2n) is 14.8. The molecule has 0 saturated heterocycles. The predicted octanol–water partition coefficient (Wildman–Crippen LogP) is 14.5. The third-order valence-electron chi connectivity index (χ3n) is 11.9. The van der Waals surface area contributed by atoms with Crippen LogP contribution in [0, 0.1) is 0 Å². The van der Waals surface area contributed by atoms with Crippen LogP contribution in [-0.4, -0.2) is 0 Å². The minimum absolute atomic E-state index is 0.541. The van der Waals surface area contributed by atoms with E-state index in [9.17, 15) is 0 Å². The first-order chi connectivity index (χ1) is 27.3. The van der Waals surface area contributed by atoms with E-state index in [1.807, 2.05) is 0 Å². The average Bonchev–Trinajstić information content (AvgIpc) is 3.58. The molecular weight excluding hydrogens is 661 g/mol. The van der Waals surface area contributed by atoms with Gasteiger partial charge in [-0.2, -0.15) is 0 Å². The zero-order valence-electron chi connectivity index (χ0n) is 30.3. The van der Waals surface area contributed by atoms with Gasteiger partial charge in [-0.3, -0.25) is 0 Å². The lowest BCUT2D eigenvalue weighted by Gasteiger charge is -2.35. The van der Waals surface area contributed by atoms with E-state index in [1.54, 1.807) is 0 Å². The first-order valence-electron chi connectivity index (χ1n) is 19.2. The van der Waals surface area contributed by atoms with Crippen molar-refractivity contribution in [3.05, 3.63) is 241 Å². The lowest BCUT2D eigenvalue weighted by atomic mass is 9.66. The molecule has 0 heterocycles. The lowest BCUT2D eigenvalue weighted by Crippen LogP contribution is -2.28. The SMILES string of the molecule is c1ccc(-c2ccc3c(c2)c(-c2ccccc2)cc2c4c(ccc23)-c2cc(-c3ccc5ccccc5c3)ccc2C4(c2ccccc2)c2ccccc2)cc1. The maximum atomic E-state index is 2.50. The first kappa shape index (κ1) is 31.5. The topological polar surface area (TPSA) is 0 Å². The van der Waals surface area contributed by atoms with Crippen LogP contribution in [0.15, 0.2) is 218 Å². The number of hydrogen-bond donors (Lipinski definition) is 0. The molecule has 0 bridgehead atoms. The number of hydrogen-bond acceptors (Lipinski definition) is 0. The van der Waals surface area contributed by atoms with Gasteiger partial charge in [-0.15, -0.1) is 0 Å². The Balaban J connectivity index is 1.27. The third kappa shape index (κ3) is 4.85. The zero-order chi connectivity index (χ0) is 36.3. The summed E-state index contributed by atoms with van der Waals surface area (Å²) in [4.78, 5) is 0. The van der Waals surface area contributed by atoms with Crippen LogP contribution in [0.5, 0.6) is 0 Å². The highest BCUT2D eigenvalue weighted by atomic mass is 14.5. The van der Waals surface area contributed by atoms with Crippen molar-refractivity contribution in [3.63, 3.8) is 0 Å². The molecule has 0 fully saturated rings. The summed E-state index contributed by atoms with van der Waals surface area (Å²) in [5.74, 6) is 0. The Morgan fingerprint density at radius 1 is 0.255 bits per heavy atom. The molecule has 11 rings (SSSR count). The minimum atomic E-state index is -0.541. The van der Waals surface area contributed by atoms with Crippen LogP contribution >= 0.6 is 0 Å². The van der Waals surface area contributed by atoms with Crippen LogP contribution in [0.4, 0.5) is 0 Å². The maximum Gasteiger partial charge on any atom is 0.0719 e. The van der Waals surface area contributed by atoms with E-state index in [1.165, 1.54) is 99.1 Å². The Bertz CT molecular complexity index is 3010. The number of benzene rings is 10. The molecule has 55 heavy (non-hydrogen) atoms. The quantitative estimate of drug-likeness (QED) is 0.157. The third-order valence-corrected chi connectivity index (χ3v) is 11.9. The van der Waals surface area contributed by atoms with Gasteiger partial charge < -0.3 is 0 Å². The Hall–Kier alpha value is -7.02. The van der Waals surface area contributed by atoms with Gasteiger partial charge in [-0.25, -0.2) is 0 Å². The molecule has 1 aliphatic rings. The lowest BCUT2D eigenvalue weighted by molar-refractivity contribution is 0.775. The van der Waals surface area contributed by atoms with Gasteiger partial charge in [0.15, 0.2) is 0 Å². The molecule has 256 valence electrons. The van der Waals surface area contributed by atoms with Gasteiger partial charge in [0.25, 0.3) is 0 Å². The molecule has 1 aliphatic carbocycles. The average molecular weight is 697 g/mol. The van der Waals surface area contributed by atoms with Crippen LogP contribution < -0.4 is 0 Å². The van der Waals surface area contributed by atoms with Gasteiger partial charge in [0.05, 0.1) is 5.41 Å². The van der Waals surface area contributed by atoms with Crippen molar-refractivity contribution in [1.82, 2.24) is 0 Å². The van der Waals surface area contributed by atoms with E-state index in [0.29, 0.717) is 0 Å². The summed E-state index contributed by atoms with van der Waals surface area (Å²) < 4.78 is 0. The predicted molar refractivity (Wildman–Crippen MR) is 233 cm³/mol. The van der Waals surface area contributed by atoms with Gasteiger partial charge in [0, 0.05) is 0 Å². The fraction of sp³-hybridized carbons (Fsp3) is 0.0182. The van der Waals surface area contributed by atoms with Crippen molar-refractivity contribution < 1.29 is 0 Å². The molecule has 0 heteroatoms. The summed E-state index contributed by atoms with van der Waals surface area (Å²) >= 11 is 0. The molecule has 0 amide bonds. The standard InChI is InChI=1S/C55H36/c1-5-15-37(16-6-1)42-27-29-46-47-30-31-48-51-35-43(41-26-25-38-17-13-14-20-40(38)33-41)28-32-53(51)55(44-21-9-3-10-22-44,45-23-11-4-12-24-45)54(48)52(47)36-49(50(46)34-42)39-18-7-2-8-19-39/h1-36H. The fourth-order valence-corrected chi connectivity index (χ4v) is 9.44. The van der Waals surface area contributed by atoms with Gasteiger partial charge in [-0.05, 0) is 123 Å². The maximum absolute atomic E-state index is 2.50. The normalized spacial score (nSPS) is 12.9. The van der Waals surface area contributed by atoms with Gasteiger partial charge in [-0.1, -0.05) is 194 Å². The molecule has 10 aromatic rings. The second kappa shape index (κ2) is 12.5. The van der Waals surface area contributed by atoms with Gasteiger partial charge in [0.2, 0.25) is 0 Å². The van der Waals surface area contributed by atoms with E-state index in [2.05, 4.69) is 218 Å². The van der Waals surface area contributed by atoms with E-state index in [4.69, 9.17) is 0 Å². The zero-order valence-corrected chi connectivity index (χ0v) is 30.3. The number of rotatable bonds is 5. The van der Waals surface area contributed by atoms with Crippen molar-refractivity contribution in [2.24, 2.45) is 0 Å². The minimum Gasteiger partial charge on any atom is -0.0622 e. The molecule has 10 aromatic carbocycles. The van der Waals surface area contributed by atoms with Gasteiger partial charge >= 0.3 is 0 Å². The summed E-state index contributed by atoms with van der Waals surface area (Å²) in [6, 6.07) is 81.0. The molecule has 0 N–H and O–H groups in total. The van der Waals surface area contributed by atoms with E-state index in [0.717, 1.165) is 0 Å². The Kier molecular flexibility index (Phi) is 7.19. The summed E-state index contributed by atoms with van der Waals surface area (Å²) in [6.07, 6.45) is 0. The van der Waals surface area contributed by atoms with Crippen LogP contribution in [0.1, 0.15) is 22.3 Å². The van der Waals surface area contributed by atoms with Crippen molar-refractivity contribution in [3.8, 4) is 44.5 Å². The molecule has 0 spiro atoms. The highest BCUT2D eigenvalue weighted by Gasteiger charge is 2.47. The second-order valence-corrected chi connectivity index (χ2v) is 14.8. The summed E-state index contributed by atoms with van der Waals surface area (Å²) in [6.45, 7) is 0. The van der Waals surface area contributed by atoms with Crippen molar-refractivity contribution in [2.45, 2.75) is 5.41 Å². The molecular formula is C55H36. The summed E-state index contributed by atoms with van der Waals surface area (Å²) in [5.41, 5.74) is 14.6. The van der Waals surface area contributed by atoms with Crippen LogP contribution in [-0.2, 0) is 5.41 Å². The van der Waals surface area contributed by atoms with Crippen LogP contribution in [0.25, 0.3) is 76.8 Å². The van der Waals surface area contributed by atoms with Crippen molar-refractivity contribution >= 4 is 32.3 Å². The Morgan fingerprint density at radius 3 is 1.49 bits per heavy atom. The number of fused-ring (bicyclic) bond motifs is 8. The molecule has 0 atom stereocenters. The first-order valence-corrected chi connectivity index (χ1v) is 19.2. The monoisotopic (exact) mass is 696 g/mol. The molecule has 0 radical (unpaired) electrons.